The van der Waals surface area contributed by atoms with E-state index in [0.717, 1.165) is 17.3 Å². The van der Waals surface area contributed by atoms with Crippen LogP contribution < -0.4 is 10.3 Å². The third-order valence-corrected chi connectivity index (χ3v) is 5.34. The normalized spacial score (nSPS) is 15.9. The van der Waals surface area contributed by atoms with Crippen molar-refractivity contribution in [3.05, 3.63) is 99.4 Å². The van der Waals surface area contributed by atoms with E-state index in [1.54, 1.807) is 19.1 Å². The average molecular weight is 446 g/mol. The fourth-order valence-electron chi connectivity index (χ4n) is 3.37. The number of likely N-dealkylation sites (N-methyl/N-ethyl adjacent to an activating group) is 1. The minimum absolute atomic E-state index is 0.0909. The zero-order chi connectivity index (χ0) is 22.9. The highest BCUT2D eigenvalue weighted by Gasteiger charge is 2.23. The molecule has 3 rings (SSSR count). The zero-order valence-corrected chi connectivity index (χ0v) is 18.2. The molecule has 0 saturated heterocycles. The first-order chi connectivity index (χ1) is 14.6. The highest BCUT2D eigenvalue weighted by atomic mass is 35.5. The number of pyridine rings is 2. The number of hydrogen-bond donors (Lipinski definition) is 0. The Morgan fingerprint density at radius 2 is 2.06 bits per heavy atom. The summed E-state index contributed by atoms with van der Waals surface area (Å²) in [5, 5.41) is -0.153. The third kappa shape index (κ3) is 4.46. The van der Waals surface area contributed by atoms with Crippen LogP contribution in [0.5, 0.6) is 5.75 Å². The summed E-state index contributed by atoms with van der Waals surface area (Å²) >= 11 is 6.30. The maximum absolute atomic E-state index is 13.8. The van der Waals surface area contributed by atoms with E-state index in [1.807, 2.05) is 31.1 Å². The summed E-state index contributed by atoms with van der Waals surface area (Å²) in [7, 11) is 1.91. The predicted octanol–water partition coefficient (Wildman–Crippen LogP) is 4.86. The molecule has 0 N–H and O–H groups in total. The fraction of sp³-hybridized carbons (Fsp3) is 0.217. The third-order valence-electron chi connectivity index (χ3n) is 4.99. The van der Waals surface area contributed by atoms with E-state index in [0.29, 0.717) is 17.5 Å². The molecule has 5 nitrogen and oxygen atoms in total. The van der Waals surface area contributed by atoms with Crippen LogP contribution in [0.15, 0.2) is 65.8 Å². The van der Waals surface area contributed by atoms with Gasteiger partial charge in [-0.15, -0.1) is 0 Å². The van der Waals surface area contributed by atoms with E-state index in [9.17, 15) is 13.6 Å². The summed E-state index contributed by atoms with van der Waals surface area (Å²) in [6.07, 6.45) is 6.40. The topological polar surface area (TPSA) is 47.4 Å². The first kappa shape index (κ1) is 22.5. The molecule has 3 heterocycles. The standard InChI is InChI=1S/C23H22ClF2N3O2/c1-6-13(2)19-9-20(14(3)11-28(19)5)29-15(4)7-21(22(24)23(29)30)31-12-18-17(26)8-16(25)10-27-18/h6-11,19H,1-2,12H2,3-5H3/t19-/m1/s1. The number of aromatic nitrogens is 2. The van der Waals surface area contributed by atoms with Crippen LogP contribution in [0.2, 0.25) is 5.02 Å². The molecule has 2 aromatic heterocycles. The van der Waals surface area contributed by atoms with Gasteiger partial charge in [0.25, 0.3) is 5.56 Å². The lowest BCUT2D eigenvalue weighted by Gasteiger charge is -2.32. The van der Waals surface area contributed by atoms with Gasteiger partial charge in [-0.3, -0.25) is 14.3 Å². The van der Waals surface area contributed by atoms with Crippen LogP contribution >= 0.6 is 11.6 Å². The van der Waals surface area contributed by atoms with Crippen molar-refractivity contribution in [3.63, 3.8) is 0 Å². The molecule has 1 aliphatic rings. The van der Waals surface area contributed by atoms with Crippen LogP contribution in [-0.2, 0) is 6.61 Å². The van der Waals surface area contributed by atoms with Crippen molar-refractivity contribution >= 4 is 17.3 Å². The van der Waals surface area contributed by atoms with Gasteiger partial charge >= 0.3 is 0 Å². The van der Waals surface area contributed by atoms with E-state index in [2.05, 4.69) is 18.1 Å². The van der Waals surface area contributed by atoms with Crippen LogP contribution in [0, 0.1) is 18.6 Å². The van der Waals surface area contributed by atoms with Crippen LogP contribution in [0.1, 0.15) is 18.3 Å². The van der Waals surface area contributed by atoms with Crippen molar-refractivity contribution in [2.75, 3.05) is 7.05 Å². The number of halogens is 3. The Kier molecular flexibility index (Phi) is 6.45. The van der Waals surface area contributed by atoms with Gasteiger partial charge in [0.1, 0.15) is 28.9 Å². The molecule has 0 aromatic carbocycles. The lowest BCUT2D eigenvalue weighted by atomic mass is 10.0. The summed E-state index contributed by atoms with van der Waals surface area (Å²) in [5.41, 5.74) is 2.33. The summed E-state index contributed by atoms with van der Waals surface area (Å²) in [6, 6.07) is 2.14. The Morgan fingerprint density at radius 1 is 1.35 bits per heavy atom. The van der Waals surface area contributed by atoms with Crippen molar-refractivity contribution in [2.24, 2.45) is 0 Å². The van der Waals surface area contributed by atoms with Gasteiger partial charge in [0.15, 0.2) is 5.82 Å². The van der Waals surface area contributed by atoms with E-state index in [-0.39, 0.29) is 29.1 Å². The number of hydrogen-bond acceptors (Lipinski definition) is 4. The van der Waals surface area contributed by atoms with Gasteiger partial charge in [-0.1, -0.05) is 30.8 Å². The number of aryl methyl sites for hydroxylation is 1. The second-order valence-electron chi connectivity index (χ2n) is 7.23. The van der Waals surface area contributed by atoms with Gasteiger partial charge < -0.3 is 9.64 Å². The monoisotopic (exact) mass is 445 g/mol. The van der Waals surface area contributed by atoms with Crippen LogP contribution in [0.3, 0.4) is 0 Å². The van der Waals surface area contributed by atoms with Gasteiger partial charge in [0.2, 0.25) is 0 Å². The number of rotatable bonds is 6. The van der Waals surface area contributed by atoms with E-state index < -0.39 is 17.2 Å². The maximum Gasteiger partial charge on any atom is 0.277 e. The predicted molar refractivity (Wildman–Crippen MR) is 118 cm³/mol. The molecule has 2 aromatic rings. The van der Waals surface area contributed by atoms with E-state index >= 15 is 0 Å². The fourth-order valence-corrected chi connectivity index (χ4v) is 3.57. The summed E-state index contributed by atoms with van der Waals surface area (Å²) in [6.45, 7) is 11.1. The molecule has 0 saturated carbocycles. The lowest BCUT2D eigenvalue weighted by Crippen LogP contribution is -2.33. The van der Waals surface area contributed by atoms with Crippen LogP contribution in [0.4, 0.5) is 8.78 Å². The highest BCUT2D eigenvalue weighted by molar-refractivity contribution is 6.31. The highest BCUT2D eigenvalue weighted by Crippen LogP contribution is 2.30. The minimum Gasteiger partial charge on any atom is -0.485 e. The van der Waals surface area contributed by atoms with E-state index in [1.165, 1.54) is 4.57 Å². The molecule has 0 spiro atoms. The van der Waals surface area contributed by atoms with Gasteiger partial charge in [-0.2, -0.15) is 0 Å². The SMILES string of the molecule is C=CC(=C)[C@H]1C=C(n2c(C)cc(OCc3ncc(F)cc3F)c(Cl)c2=O)C(C)=CN1C. The number of ether oxygens (including phenoxy) is 1. The number of allylic oxidation sites excluding steroid dienone is 2. The summed E-state index contributed by atoms with van der Waals surface area (Å²) in [5.74, 6) is -1.54. The second-order valence-corrected chi connectivity index (χ2v) is 7.61. The molecule has 31 heavy (non-hydrogen) atoms. The molecule has 0 amide bonds. The maximum atomic E-state index is 13.8. The van der Waals surface area contributed by atoms with Gasteiger partial charge in [-0.05, 0) is 31.1 Å². The Balaban J connectivity index is 1.98. The molecule has 0 unspecified atom stereocenters. The largest absolute Gasteiger partial charge is 0.485 e. The van der Waals surface area contributed by atoms with Crippen LogP contribution in [-0.4, -0.2) is 27.5 Å². The second kappa shape index (κ2) is 8.89. The summed E-state index contributed by atoms with van der Waals surface area (Å²) < 4.78 is 33.9. The smallest absolute Gasteiger partial charge is 0.277 e. The van der Waals surface area contributed by atoms with Crippen molar-refractivity contribution < 1.29 is 13.5 Å². The molecule has 162 valence electrons. The lowest BCUT2D eigenvalue weighted by molar-refractivity contribution is 0.292. The minimum atomic E-state index is -0.841. The Labute approximate surface area is 184 Å². The molecular weight excluding hydrogens is 424 g/mol. The molecule has 0 aliphatic carbocycles. The van der Waals surface area contributed by atoms with Gasteiger partial charge in [0, 0.05) is 31.1 Å². The molecule has 1 atom stereocenters. The first-order valence-electron chi connectivity index (χ1n) is 9.43. The molecule has 0 bridgehead atoms. The van der Waals surface area contributed by atoms with Gasteiger partial charge in [0.05, 0.1) is 17.9 Å². The Hall–Kier alpha value is -3.19. The van der Waals surface area contributed by atoms with E-state index in [4.69, 9.17) is 16.3 Å². The summed E-state index contributed by atoms with van der Waals surface area (Å²) in [4.78, 5) is 18.7. The quantitative estimate of drug-likeness (QED) is 0.595. The average Bonchev–Trinajstić information content (AvgIpc) is 2.71. The molecule has 0 radical (unpaired) electrons. The molecule has 1 aliphatic heterocycles. The van der Waals surface area contributed by atoms with Crippen molar-refractivity contribution in [1.29, 1.82) is 0 Å². The molecule has 8 heteroatoms. The number of nitrogens with zero attached hydrogens (tertiary/aromatic N) is 3. The van der Waals surface area contributed by atoms with Crippen molar-refractivity contribution in [1.82, 2.24) is 14.5 Å². The van der Waals surface area contributed by atoms with Crippen molar-refractivity contribution in [3.8, 4) is 5.75 Å². The Morgan fingerprint density at radius 3 is 2.71 bits per heavy atom. The van der Waals surface area contributed by atoms with Gasteiger partial charge in [-0.25, -0.2) is 8.78 Å². The first-order valence-corrected chi connectivity index (χ1v) is 9.80. The Bertz CT molecular complexity index is 1180. The van der Waals surface area contributed by atoms with Crippen molar-refractivity contribution in [2.45, 2.75) is 26.5 Å². The zero-order valence-electron chi connectivity index (χ0n) is 17.5. The van der Waals surface area contributed by atoms with Crippen LogP contribution in [0.25, 0.3) is 5.70 Å². The molecular formula is C23H22ClF2N3O2. The molecule has 0 fully saturated rings.